The number of pyridine rings is 1. The number of sulfone groups is 1. The van der Waals surface area contributed by atoms with Gasteiger partial charge in [0.15, 0.2) is 0 Å². The van der Waals surface area contributed by atoms with Crippen molar-refractivity contribution in [2.75, 3.05) is 29.4 Å². The van der Waals surface area contributed by atoms with Crippen LogP contribution in [0.25, 0.3) is 11.3 Å². The molecule has 2 aromatic heterocycles. The molecule has 0 amide bonds. The van der Waals surface area contributed by atoms with Gasteiger partial charge in [-0.15, -0.1) is 0 Å². The summed E-state index contributed by atoms with van der Waals surface area (Å²) in [6.45, 7) is 3.78. The normalized spacial score (nSPS) is 16.1. The second-order valence-electron chi connectivity index (χ2n) is 9.06. The zero-order valence-electron chi connectivity index (χ0n) is 20.4. The first-order chi connectivity index (χ1) is 18.2. The maximum atomic E-state index is 13.9. The molecule has 1 aliphatic rings. The van der Waals surface area contributed by atoms with Crippen LogP contribution in [0.4, 0.5) is 16.0 Å². The third kappa shape index (κ3) is 5.60. The van der Waals surface area contributed by atoms with Crippen molar-refractivity contribution in [3.05, 3.63) is 94.4 Å². The van der Waals surface area contributed by atoms with Crippen molar-refractivity contribution in [3.8, 4) is 11.3 Å². The van der Waals surface area contributed by atoms with E-state index >= 15 is 0 Å². The molecule has 2 aromatic carbocycles. The summed E-state index contributed by atoms with van der Waals surface area (Å²) < 4.78 is 40.7. The molecule has 0 saturated carbocycles. The van der Waals surface area contributed by atoms with Gasteiger partial charge in [-0.1, -0.05) is 53.5 Å². The summed E-state index contributed by atoms with van der Waals surface area (Å²) in [5.41, 5.74) is 1.45. The van der Waals surface area contributed by atoms with Crippen LogP contribution < -0.4 is 9.80 Å². The molecule has 1 aliphatic heterocycles. The summed E-state index contributed by atoms with van der Waals surface area (Å²) in [7, 11) is -3.89. The van der Waals surface area contributed by atoms with Crippen LogP contribution in [0.15, 0.2) is 78.1 Å². The fraction of sp³-hybridized carbons (Fsp3) is 0.222. The average molecular weight is 572 g/mol. The Morgan fingerprint density at radius 1 is 0.974 bits per heavy atom. The van der Waals surface area contributed by atoms with E-state index in [1.54, 1.807) is 48.7 Å². The first-order valence-electron chi connectivity index (χ1n) is 11.9. The highest BCUT2D eigenvalue weighted by Crippen LogP contribution is 2.31. The van der Waals surface area contributed by atoms with Crippen LogP contribution in [-0.2, 0) is 15.6 Å². The maximum Gasteiger partial charge on any atom is 0.249 e. The Kier molecular flexibility index (Phi) is 7.52. The molecule has 5 rings (SSSR count). The van der Waals surface area contributed by atoms with Gasteiger partial charge in [-0.3, -0.25) is 0 Å². The Hall–Kier alpha value is -3.27. The lowest BCUT2D eigenvalue weighted by Gasteiger charge is -2.41. The molecule has 0 aliphatic carbocycles. The smallest absolute Gasteiger partial charge is 0.249 e. The molecular formula is C27H24Cl2FN5O2S. The quantitative estimate of drug-likeness (QED) is 0.276. The molecule has 38 heavy (non-hydrogen) atoms. The lowest BCUT2D eigenvalue weighted by molar-refractivity contribution is 0.538. The van der Waals surface area contributed by atoms with E-state index in [2.05, 4.69) is 19.9 Å². The first kappa shape index (κ1) is 26.3. The van der Waals surface area contributed by atoms with E-state index in [1.165, 1.54) is 18.2 Å². The highest BCUT2D eigenvalue weighted by molar-refractivity contribution is 7.90. The number of piperazine rings is 1. The van der Waals surface area contributed by atoms with E-state index in [1.807, 2.05) is 17.9 Å². The SMILES string of the molecule is C[C@@H]1CN(c2ncccc2Cl)CCN1c1cc(-c2ccc(F)c(Cl)c2)nc(S(=O)(=O)Cc2ccccc2)n1. The summed E-state index contributed by atoms with van der Waals surface area (Å²) >= 11 is 12.4. The molecule has 4 aromatic rings. The maximum absolute atomic E-state index is 13.9. The van der Waals surface area contributed by atoms with E-state index < -0.39 is 15.7 Å². The second kappa shape index (κ2) is 10.8. The number of halogens is 3. The molecule has 0 radical (unpaired) electrons. The number of nitrogens with zero attached hydrogens (tertiary/aromatic N) is 5. The Bertz CT molecular complexity index is 1570. The molecular weight excluding hydrogens is 548 g/mol. The molecule has 11 heteroatoms. The summed E-state index contributed by atoms with van der Waals surface area (Å²) in [6, 6.07) is 18.3. The molecule has 1 atom stereocenters. The fourth-order valence-electron chi connectivity index (χ4n) is 4.46. The number of anilines is 2. The summed E-state index contributed by atoms with van der Waals surface area (Å²) in [5.74, 6) is 0.347. The minimum absolute atomic E-state index is 0.0499. The Labute approximate surface area is 230 Å². The predicted molar refractivity (Wildman–Crippen MR) is 148 cm³/mol. The second-order valence-corrected chi connectivity index (χ2v) is 11.8. The summed E-state index contributed by atoms with van der Waals surface area (Å²) in [4.78, 5) is 17.5. The van der Waals surface area contributed by atoms with Gasteiger partial charge in [0.2, 0.25) is 15.0 Å². The largest absolute Gasteiger partial charge is 0.352 e. The molecule has 0 spiro atoms. The molecule has 0 N–H and O–H groups in total. The van der Waals surface area contributed by atoms with Crippen molar-refractivity contribution in [2.24, 2.45) is 0 Å². The molecule has 7 nitrogen and oxygen atoms in total. The van der Waals surface area contributed by atoms with Crippen LogP contribution in [0.5, 0.6) is 0 Å². The Morgan fingerprint density at radius 3 is 2.47 bits per heavy atom. The average Bonchev–Trinajstić information content (AvgIpc) is 2.90. The van der Waals surface area contributed by atoms with Crippen molar-refractivity contribution >= 4 is 44.7 Å². The Morgan fingerprint density at radius 2 is 1.76 bits per heavy atom. The zero-order valence-corrected chi connectivity index (χ0v) is 22.8. The van der Waals surface area contributed by atoms with Gasteiger partial charge in [0.1, 0.15) is 17.5 Å². The van der Waals surface area contributed by atoms with Crippen LogP contribution >= 0.6 is 23.2 Å². The van der Waals surface area contributed by atoms with Gasteiger partial charge in [-0.2, -0.15) is 0 Å². The summed E-state index contributed by atoms with van der Waals surface area (Å²) in [6.07, 6.45) is 1.70. The molecule has 1 fully saturated rings. The van der Waals surface area contributed by atoms with Crippen molar-refractivity contribution in [1.82, 2.24) is 15.0 Å². The molecule has 3 heterocycles. The van der Waals surface area contributed by atoms with E-state index in [-0.39, 0.29) is 22.0 Å². The minimum atomic E-state index is -3.89. The van der Waals surface area contributed by atoms with Crippen molar-refractivity contribution < 1.29 is 12.8 Å². The third-order valence-electron chi connectivity index (χ3n) is 6.35. The third-order valence-corrected chi connectivity index (χ3v) is 8.38. The van der Waals surface area contributed by atoms with Crippen LogP contribution in [0.3, 0.4) is 0 Å². The van der Waals surface area contributed by atoms with Gasteiger partial charge < -0.3 is 9.80 Å². The molecule has 196 valence electrons. The minimum Gasteiger partial charge on any atom is -0.352 e. The molecule has 0 bridgehead atoms. The zero-order chi connectivity index (χ0) is 26.9. The Balaban J connectivity index is 1.53. The van der Waals surface area contributed by atoms with E-state index in [0.29, 0.717) is 53.1 Å². The highest BCUT2D eigenvalue weighted by atomic mass is 35.5. The van der Waals surface area contributed by atoms with Crippen molar-refractivity contribution in [2.45, 2.75) is 23.9 Å². The first-order valence-corrected chi connectivity index (χ1v) is 14.4. The van der Waals surface area contributed by atoms with E-state index in [0.717, 1.165) is 0 Å². The van der Waals surface area contributed by atoms with Gasteiger partial charge >= 0.3 is 0 Å². The lowest BCUT2D eigenvalue weighted by Crippen LogP contribution is -2.52. The van der Waals surface area contributed by atoms with Gasteiger partial charge in [-0.05, 0) is 42.8 Å². The van der Waals surface area contributed by atoms with Crippen LogP contribution in [-0.4, -0.2) is 49.0 Å². The van der Waals surface area contributed by atoms with Gasteiger partial charge in [0, 0.05) is 43.5 Å². The van der Waals surface area contributed by atoms with Crippen LogP contribution in [0.1, 0.15) is 12.5 Å². The number of hydrogen-bond acceptors (Lipinski definition) is 7. The van der Waals surface area contributed by atoms with Crippen molar-refractivity contribution in [1.29, 1.82) is 0 Å². The number of aromatic nitrogens is 3. The van der Waals surface area contributed by atoms with Gasteiger partial charge in [0.25, 0.3) is 0 Å². The van der Waals surface area contributed by atoms with Gasteiger partial charge in [0.05, 0.1) is 21.5 Å². The number of benzene rings is 2. The number of rotatable bonds is 6. The molecule has 1 saturated heterocycles. The predicted octanol–water partition coefficient (Wildman–Crippen LogP) is 5.67. The van der Waals surface area contributed by atoms with Crippen LogP contribution in [0.2, 0.25) is 10.0 Å². The summed E-state index contributed by atoms with van der Waals surface area (Å²) in [5, 5.41) is 0.197. The van der Waals surface area contributed by atoms with E-state index in [4.69, 9.17) is 23.2 Å². The van der Waals surface area contributed by atoms with Crippen molar-refractivity contribution in [3.63, 3.8) is 0 Å². The standard InChI is InChI=1S/C27H24Cl2FN5O2S/c1-18-16-34(26-21(28)8-5-11-31-26)12-13-35(18)25-15-24(20-9-10-23(30)22(29)14-20)32-27(33-25)38(36,37)17-19-6-3-2-4-7-19/h2-11,14-15,18H,12-13,16-17H2,1H3/t18-/m1/s1. The van der Waals surface area contributed by atoms with Crippen LogP contribution in [0, 0.1) is 5.82 Å². The highest BCUT2D eigenvalue weighted by Gasteiger charge is 2.29. The van der Waals surface area contributed by atoms with E-state index in [9.17, 15) is 12.8 Å². The molecule has 0 unspecified atom stereocenters. The lowest BCUT2D eigenvalue weighted by atomic mass is 10.1. The number of hydrogen-bond donors (Lipinski definition) is 0. The monoisotopic (exact) mass is 571 g/mol. The fourth-order valence-corrected chi connectivity index (χ4v) is 6.11. The van der Waals surface area contributed by atoms with Gasteiger partial charge in [-0.25, -0.2) is 27.8 Å². The topological polar surface area (TPSA) is 79.3 Å².